The second kappa shape index (κ2) is 5.25. The van der Waals surface area contributed by atoms with Crippen LogP contribution in [-0.2, 0) is 12.7 Å². The molecule has 0 amide bonds. The Morgan fingerprint density at radius 3 is 2.42 bits per heavy atom. The molecule has 0 fully saturated rings. The van der Waals surface area contributed by atoms with Gasteiger partial charge in [0.2, 0.25) is 0 Å². The Balaban J connectivity index is 2.15. The summed E-state index contributed by atoms with van der Waals surface area (Å²) in [6.45, 7) is 4.34. The molecule has 0 radical (unpaired) electrons. The van der Waals surface area contributed by atoms with Gasteiger partial charge in [-0.05, 0) is 43.7 Å². The van der Waals surface area contributed by atoms with Gasteiger partial charge in [-0.1, -0.05) is 6.07 Å². The van der Waals surface area contributed by atoms with E-state index in [-0.39, 0.29) is 0 Å². The lowest BCUT2D eigenvalue weighted by Crippen LogP contribution is -2.07. The van der Waals surface area contributed by atoms with Gasteiger partial charge in [-0.15, -0.1) is 11.3 Å². The molecule has 1 nitrogen and oxygen atoms in total. The minimum absolute atomic E-state index is 0.529. The van der Waals surface area contributed by atoms with E-state index in [9.17, 15) is 13.2 Å². The Bertz CT molecular complexity index is 572. The molecule has 0 saturated carbocycles. The molecule has 0 bridgehead atoms. The number of benzene rings is 1. The van der Waals surface area contributed by atoms with Gasteiger partial charge < -0.3 is 5.32 Å². The lowest BCUT2D eigenvalue weighted by Gasteiger charge is -2.12. The molecule has 5 heteroatoms. The molecule has 0 aliphatic carbocycles. The summed E-state index contributed by atoms with van der Waals surface area (Å²) >= 11 is 1.64. The molecular weight excluding hydrogens is 271 g/mol. The van der Waals surface area contributed by atoms with Gasteiger partial charge in [0, 0.05) is 22.0 Å². The molecular formula is C14H14F3NS. The Hall–Kier alpha value is -1.49. The molecule has 1 aromatic carbocycles. The number of nitrogens with one attached hydrogen (secondary N) is 1. The van der Waals surface area contributed by atoms with Crippen LogP contribution < -0.4 is 5.32 Å². The molecule has 0 atom stereocenters. The van der Waals surface area contributed by atoms with Gasteiger partial charge in [-0.2, -0.15) is 13.2 Å². The van der Waals surface area contributed by atoms with E-state index in [0.29, 0.717) is 12.2 Å². The first-order chi connectivity index (χ1) is 8.86. The smallest absolute Gasteiger partial charge is 0.380 e. The first kappa shape index (κ1) is 13.9. The highest BCUT2D eigenvalue weighted by Gasteiger charge is 2.30. The Kier molecular flexibility index (Phi) is 3.85. The van der Waals surface area contributed by atoms with Crippen LogP contribution >= 0.6 is 11.3 Å². The van der Waals surface area contributed by atoms with Crippen molar-refractivity contribution in [2.75, 3.05) is 5.32 Å². The normalized spacial score (nSPS) is 11.6. The first-order valence-corrected chi connectivity index (χ1v) is 6.65. The fourth-order valence-electron chi connectivity index (χ4n) is 1.75. The van der Waals surface area contributed by atoms with Crippen LogP contribution in [0.2, 0.25) is 0 Å². The summed E-state index contributed by atoms with van der Waals surface area (Å²) in [5.74, 6) is 0. The molecule has 1 aromatic heterocycles. The number of anilines is 1. The van der Waals surface area contributed by atoms with E-state index in [4.69, 9.17) is 0 Å². The number of halogens is 3. The van der Waals surface area contributed by atoms with Gasteiger partial charge in [0.05, 0.1) is 5.56 Å². The van der Waals surface area contributed by atoms with Crippen molar-refractivity contribution in [2.45, 2.75) is 26.6 Å². The SMILES string of the molecule is Cc1ccc(CNc2cc(C(F)(F)F)ccc2C)s1. The van der Waals surface area contributed by atoms with Crippen molar-refractivity contribution in [2.24, 2.45) is 0 Å². The van der Waals surface area contributed by atoms with E-state index in [1.54, 1.807) is 18.3 Å². The summed E-state index contributed by atoms with van der Waals surface area (Å²) < 4.78 is 37.9. The highest BCUT2D eigenvalue weighted by atomic mass is 32.1. The maximum Gasteiger partial charge on any atom is 0.416 e. The third kappa shape index (κ3) is 3.50. The lowest BCUT2D eigenvalue weighted by atomic mass is 10.1. The Morgan fingerprint density at radius 2 is 1.84 bits per heavy atom. The molecule has 1 heterocycles. The second-order valence-corrected chi connectivity index (χ2v) is 5.77. The van der Waals surface area contributed by atoms with Gasteiger partial charge in [0.15, 0.2) is 0 Å². The molecule has 2 rings (SSSR count). The topological polar surface area (TPSA) is 12.0 Å². The zero-order chi connectivity index (χ0) is 14.0. The molecule has 1 N–H and O–H groups in total. The number of aryl methyl sites for hydroxylation is 2. The van der Waals surface area contributed by atoms with E-state index in [1.807, 2.05) is 19.1 Å². The summed E-state index contributed by atoms with van der Waals surface area (Å²) in [5, 5.41) is 3.07. The summed E-state index contributed by atoms with van der Waals surface area (Å²) in [7, 11) is 0. The third-order valence-corrected chi connectivity index (χ3v) is 3.81. The Morgan fingerprint density at radius 1 is 1.11 bits per heavy atom. The average Bonchev–Trinajstić information content (AvgIpc) is 2.72. The molecule has 102 valence electrons. The zero-order valence-electron chi connectivity index (χ0n) is 10.6. The highest BCUT2D eigenvalue weighted by molar-refractivity contribution is 7.11. The monoisotopic (exact) mass is 285 g/mol. The van der Waals surface area contributed by atoms with Gasteiger partial charge in [-0.25, -0.2) is 0 Å². The fourth-order valence-corrected chi connectivity index (χ4v) is 2.58. The maximum atomic E-state index is 12.6. The molecule has 0 aliphatic heterocycles. The van der Waals surface area contributed by atoms with Gasteiger partial charge in [-0.3, -0.25) is 0 Å². The number of hydrogen-bond donors (Lipinski definition) is 1. The van der Waals surface area contributed by atoms with Crippen LogP contribution in [0, 0.1) is 13.8 Å². The van der Waals surface area contributed by atoms with Crippen molar-refractivity contribution in [1.82, 2.24) is 0 Å². The average molecular weight is 285 g/mol. The number of hydrogen-bond acceptors (Lipinski definition) is 2. The zero-order valence-corrected chi connectivity index (χ0v) is 11.5. The quantitative estimate of drug-likeness (QED) is 0.837. The van der Waals surface area contributed by atoms with Gasteiger partial charge in [0.1, 0.15) is 0 Å². The predicted octanol–water partition coefficient (Wildman–Crippen LogP) is 5.00. The van der Waals surface area contributed by atoms with Crippen LogP contribution in [0.25, 0.3) is 0 Å². The highest BCUT2D eigenvalue weighted by Crippen LogP contribution is 2.32. The predicted molar refractivity (Wildman–Crippen MR) is 72.6 cm³/mol. The summed E-state index contributed by atoms with van der Waals surface area (Å²) in [4.78, 5) is 2.30. The molecule has 19 heavy (non-hydrogen) atoms. The van der Waals surface area contributed by atoms with E-state index in [2.05, 4.69) is 5.32 Å². The second-order valence-electron chi connectivity index (χ2n) is 4.39. The van der Waals surface area contributed by atoms with Crippen LogP contribution in [0.3, 0.4) is 0 Å². The maximum absolute atomic E-state index is 12.6. The van der Waals surface area contributed by atoms with Crippen molar-refractivity contribution in [3.63, 3.8) is 0 Å². The van der Waals surface area contributed by atoms with Crippen molar-refractivity contribution >= 4 is 17.0 Å². The largest absolute Gasteiger partial charge is 0.416 e. The van der Waals surface area contributed by atoms with Crippen molar-refractivity contribution in [3.05, 3.63) is 51.2 Å². The van der Waals surface area contributed by atoms with E-state index >= 15 is 0 Å². The third-order valence-electron chi connectivity index (χ3n) is 2.81. The summed E-state index contributed by atoms with van der Waals surface area (Å²) in [6.07, 6.45) is -4.30. The molecule has 0 spiro atoms. The lowest BCUT2D eigenvalue weighted by molar-refractivity contribution is -0.137. The van der Waals surface area contributed by atoms with Crippen LogP contribution in [0.4, 0.5) is 18.9 Å². The number of rotatable bonds is 3. The molecule has 0 unspecified atom stereocenters. The van der Waals surface area contributed by atoms with Crippen LogP contribution in [-0.4, -0.2) is 0 Å². The minimum atomic E-state index is -4.30. The van der Waals surface area contributed by atoms with Crippen LogP contribution in [0.1, 0.15) is 20.9 Å². The summed E-state index contributed by atoms with van der Waals surface area (Å²) in [6, 6.07) is 7.74. The standard InChI is InChI=1S/C14H14F3NS/c1-9-3-5-11(14(15,16)17)7-13(9)18-8-12-6-4-10(2)19-12/h3-7,18H,8H2,1-2H3. The van der Waals surface area contributed by atoms with Crippen LogP contribution in [0.15, 0.2) is 30.3 Å². The first-order valence-electron chi connectivity index (χ1n) is 5.83. The van der Waals surface area contributed by atoms with Crippen molar-refractivity contribution in [3.8, 4) is 0 Å². The van der Waals surface area contributed by atoms with Gasteiger partial charge in [0.25, 0.3) is 0 Å². The Labute approximate surface area is 114 Å². The summed E-state index contributed by atoms with van der Waals surface area (Å²) in [5.41, 5.74) is 0.713. The van der Waals surface area contributed by atoms with Crippen molar-refractivity contribution in [1.29, 1.82) is 0 Å². The van der Waals surface area contributed by atoms with E-state index in [1.165, 1.54) is 10.9 Å². The van der Waals surface area contributed by atoms with E-state index in [0.717, 1.165) is 22.6 Å². The molecule has 0 saturated heterocycles. The minimum Gasteiger partial charge on any atom is -0.380 e. The number of alkyl halides is 3. The van der Waals surface area contributed by atoms with Crippen molar-refractivity contribution < 1.29 is 13.2 Å². The number of thiophene rings is 1. The van der Waals surface area contributed by atoms with Crippen LogP contribution in [0.5, 0.6) is 0 Å². The fraction of sp³-hybridized carbons (Fsp3) is 0.286. The molecule has 2 aromatic rings. The molecule has 0 aliphatic rings. The van der Waals surface area contributed by atoms with E-state index < -0.39 is 11.7 Å². The van der Waals surface area contributed by atoms with Gasteiger partial charge >= 0.3 is 6.18 Å².